The number of urea groups is 2. The Balaban J connectivity index is 1.45. The maximum Gasteiger partial charge on any atom is 0.318 e. The van der Waals surface area contributed by atoms with Crippen LogP contribution in [0.1, 0.15) is 25.0 Å². The standard InChI is InChI=1S/C21H28ClN5O3/c1-23-20(29)26-10-13(12-28)6-18(11-26)27(17-4-5-17)21(30)24-9-16-7-14-2-3-15(22)8-19(14)25-16/h2-3,7-8,13,17-18,25,28H,4-6,9-12H2,1H3,(H,23,29)(H,24,30)/t13-,18+/m0/s1. The van der Waals surface area contributed by atoms with Crippen molar-refractivity contribution in [2.45, 2.75) is 37.9 Å². The first-order chi connectivity index (χ1) is 14.5. The van der Waals surface area contributed by atoms with Gasteiger partial charge in [0.05, 0.1) is 12.6 Å². The van der Waals surface area contributed by atoms with Crippen molar-refractivity contribution < 1.29 is 14.7 Å². The molecule has 1 aliphatic carbocycles. The predicted octanol–water partition coefficient (Wildman–Crippen LogP) is 2.52. The summed E-state index contributed by atoms with van der Waals surface area (Å²) in [6.45, 7) is 1.36. The number of piperidine rings is 1. The summed E-state index contributed by atoms with van der Waals surface area (Å²) in [5.41, 5.74) is 1.84. The molecule has 2 heterocycles. The summed E-state index contributed by atoms with van der Waals surface area (Å²) < 4.78 is 0. The van der Waals surface area contributed by atoms with Crippen molar-refractivity contribution >= 4 is 34.6 Å². The number of amides is 4. The largest absolute Gasteiger partial charge is 0.396 e. The van der Waals surface area contributed by atoms with Gasteiger partial charge in [-0.05, 0) is 42.8 Å². The topological polar surface area (TPSA) is 101 Å². The quantitative estimate of drug-likeness (QED) is 0.582. The molecule has 8 nitrogen and oxygen atoms in total. The van der Waals surface area contributed by atoms with Crippen molar-refractivity contribution in [2.75, 3.05) is 26.7 Å². The average molecular weight is 434 g/mol. The average Bonchev–Trinajstić information content (AvgIpc) is 3.49. The molecule has 0 unspecified atom stereocenters. The fourth-order valence-electron chi connectivity index (χ4n) is 4.33. The van der Waals surface area contributed by atoms with Gasteiger partial charge < -0.3 is 30.5 Å². The van der Waals surface area contributed by atoms with Gasteiger partial charge in [0.1, 0.15) is 0 Å². The van der Waals surface area contributed by atoms with Crippen LogP contribution in [-0.2, 0) is 6.54 Å². The molecule has 4 N–H and O–H groups in total. The summed E-state index contributed by atoms with van der Waals surface area (Å²) >= 11 is 6.05. The molecule has 9 heteroatoms. The summed E-state index contributed by atoms with van der Waals surface area (Å²) in [5, 5.41) is 17.1. The van der Waals surface area contributed by atoms with Gasteiger partial charge in [-0.15, -0.1) is 0 Å². The summed E-state index contributed by atoms with van der Waals surface area (Å²) in [6, 6.07) is 7.43. The van der Waals surface area contributed by atoms with Crippen LogP contribution in [0.15, 0.2) is 24.3 Å². The number of aromatic nitrogens is 1. The predicted molar refractivity (Wildman–Crippen MR) is 115 cm³/mol. The Kier molecular flexibility index (Phi) is 6.06. The number of hydrogen-bond acceptors (Lipinski definition) is 3. The minimum absolute atomic E-state index is 0.00173. The number of nitrogens with one attached hydrogen (secondary N) is 3. The molecule has 162 valence electrons. The van der Waals surface area contributed by atoms with Gasteiger partial charge >= 0.3 is 12.1 Å². The molecule has 0 spiro atoms. The van der Waals surface area contributed by atoms with E-state index in [1.165, 1.54) is 0 Å². The maximum atomic E-state index is 13.1. The fraction of sp³-hybridized carbons (Fsp3) is 0.524. The van der Waals surface area contributed by atoms with Crippen LogP contribution in [0.5, 0.6) is 0 Å². The van der Waals surface area contributed by atoms with Gasteiger partial charge in [-0.25, -0.2) is 9.59 Å². The molecular formula is C21H28ClN5O3. The number of fused-ring (bicyclic) bond motifs is 1. The highest BCUT2D eigenvalue weighted by molar-refractivity contribution is 6.31. The SMILES string of the molecule is CNC(=O)N1C[C@@H](CO)C[C@@H](N(C(=O)NCc2cc3ccc(Cl)cc3[nH]2)C2CC2)C1. The summed E-state index contributed by atoms with van der Waals surface area (Å²) in [6.07, 6.45) is 2.63. The van der Waals surface area contributed by atoms with Crippen LogP contribution < -0.4 is 10.6 Å². The zero-order chi connectivity index (χ0) is 21.3. The van der Waals surface area contributed by atoms with Crippen molar-refractivity contribution in [2.24, 2.45) is 5.92 Å². The number of benzene rings is 1. The van der Waals surface area contributed by atoms with Crippen LogP contribution in [0.4, 0.5) is 9.59 Å². The van der Waals surface area contributed by atoms with E-state index in [0.717, 1.165) is 29.4 Å². The van der Waals surface area contributed by atoms with Crippen molar-refractivity contribution in [3.05, 3.63) is 35.0 Å². The minimum atomic E-state index is -0.175. The molecule has 30 heavy (non-hydrogen) atoms. The Morgan fingerprint density at radius 1 is 1.27 bits per heavy atom. The smallest absolute Gasteiger partial charge is 0.318 e. The number of carbonyl (C=O) groups is 2. The third-order valence-corrected chi connectivity index (χ3v) is 6.15. The number of nitrogens with zero attached hydrogens (tertiary/aromatic N) is 2. The van der Waals surface area contributed by atoms with Crippen LogP contribution in [0.25, 0.3) is 10.9 Å². The number of aliphatic hydroxyl groups is 1. The van der Waals surface area contributed by atoms with E-state index in [-0.39, 0.29) is 36.7 Å². The highest BCUT2D eigenvalue weighted by Crippen LogP contribution is 2.33. The Bertz CT molecular complexity index is 929. The van der Waals surface area contributed by atoms with E-state index in [1.54, 1.807) is 11.9 Å². The third-order valence-electron chi connectivity index (χ3n) is 5.91. The summed E-state index contributed by atoms with van der Waals surface area (Å²) in [4.78, 5) is 32.1. The van der Waals surface area contributed by atoms with Gasteiger partial charge in [-0.3, -0.25) is 0 Å². The van der Waals surface area contributed by atoms with Crippen molar-refractivity contribution in [1.29, 1.82) is 0 Å². The number of carbonyl (C=O) groups excluding carboxylic acids is 2. The highest BCUT2D eigenvalue weighted by atomic mass is 35.5. The Morgan fingerprint density at radius 2 is 2.07 bits per heavy atom. The van der Waals surface area contributed by atoms with Gasteiger partial charge in [-0.2, -0.15) is 0 Å². The molecule has 1 aromatic heterocycles. The monoisotopic (exact) mass is 433 g/mol. The van der Waals surface area contributed by atoms with E-state index < -0.39 is 0 Å². The van der Waals surface area contributed by atoms with Gasteiger partial charge in [0.25, 0.3) is 0 Å². The second kappa shape index (κ2) is 8.73. The number of H-pyrrole nitrogens is 1. The molecular weight excluding hydrogens is 406 g/mol. The Morgan fingerprint density at radius 3 is 2.77 bits per heavy atom. The first-order valence-electron chi connectivity index (χ1n) is 10.4. The van der Waals surface area contributed by atoms with Crippen LogP contribution in [-0.4, -0.2) is 70.8 Å². The second-order valence-corrected chi connectivity index (χ2v) is 8.66. The number of halogens is 1. The van der Waals surface area contributed by atoms with Crippen molar-refractivity contribution in [3.63, 3.8) is 0 Å². The van der Waals surface area contributed by atoms with E-state index in [4.69, 9.17) is 11.6 Å². The Hall–Kier alpha value is -2.45. The zero-order valence-electron chi connectivity index (χ0n) is 17.0. The lowest BCUT2D eigenvalue weighted by Gasteiger charge is -2.42. The second-order valence-electron chi connectivity index (χ2n) is 8.22. The molecule has 2 atom stereocenters. The highest BCUT2D eigenvalue weighted by Gasteiger charge is 2.41. The number of aromatic amines is 1. The van der Waals surface area contributed by atoms with Crippen molar-refractivity contribution in [1.82, 2.24) is 25.4 Å². The fourth-order valence-corrected chi connectivity index (χ4v) is 4.50. The molecule has 1 aliphatic heterocycles. The van der Waals surface area contributed by atoms with E-state index in [2.05, 4.69) is 15.6 Å². The molecule has 4 amide bonds. The normalized spacial score (nSPS) is 21.5. The van der Waals surface area contributed by atoms with Crippen LogP contribution in [0.3, 0.4) is 0 Å². The Labute approximate surface area is 180 Å². The van der Waals surface area contributed by atoms with Gasteiger partial charge in [0.15, 0.2) is 0 Å². The molecule has 4 rings (SSSR count). The molecule has 1 saturated carbocycles. The number of likely N-dealkylation sites (tertiary alicyclic amines) is 1. The maximum absolute atomic E-state index is 13.1. The molecule has 2 fully saturated rings. The zero-order valence-corrected chi connectivity index (χ0v) is 17.8. The molecule has 1 aromatic carbocycles. The van der Waals surface area contributed by atoms with E-state index in [1.807, 2.05) is 29.2 Å². The number of aliphatic hydroxyl groups excluding tert-OH is 1. The van der Waals surface area contributed by atoms with Gasteiger partial charge in [-0.1, -0.05) is 17.7 Å². The lowest BCUT2D eigenvalue weighted by Crippen LogP contribution is -2.58. The summed E-state index contributed by atoms with van der Waals surface area (Å²) in [5.74, 6) is -0.0337. The van der Waals surface area contributed by atoms with Crippen LogP contribution in [0, 0.1) is 5.92 Å². The first-order valence-corrected chi connectivity index (χ1v) is 10.8. The van der Waals surface area contributed by atoms with Gasteiger partial charge in [0, 0.05) is 54.9 Å². The molecule has 1 saturated heterocycles. The first kappa shape index (κ1) is 20.8. The number of rotatable bonds is 5. The molecule has 2 aromatic rings. The summed E-state index contributed by atoms with van der Waals surface area (Å²) in [7, 11) is 1.60. The molecule has 0 bridgehead atoms. The van der Waals surface area contributed by atoms with Gasteiger partial charge in [0.2, 0.25) is 0 Å². The third kappa shape index (κ3) is 4.49. The molecule has 0 radical (unpaired) electrons. The van der Waals surface area contributed by atoms with Crippen molar-refractivity contribution in [3.8, 4) is 0 Å². The minimum Gasteiger partial charge on any atom is -0.396 e. The lowest BCUT2D eigenvalue weighted by atomic mass is 9.94. The molecule has 2 aliphatic rings. The number of hydrogen-bond donors (Lipinski definition) is 4. The van der Waals surface area contributed by atoms with E-state index in [0.29, 0.717) is 31.1 Å². The lowest BCUT2D eigenvalue weighted by molar-refractivity contribution is 0.0690. The van der Waals surface area contributed by atoms with E-state index >= 15 is 0 Å². The van der Waals surface area contributed by atoms with E-state index in [9.17, 15) is 14.7 Å². The van der Waals surface area contributed by atoms with Crippen LogP contribution >= 0.6 is 11.6 Å². The van der Waals surface area contributed by atoms with Crippen LogP contribution in [0.2, 0.25) is 5.02 Å².